The van der Waals surface area contributed by atoms with E-state index in [4.69, 9.17) is 4.74 Å². The van der Waals surface area contributed by atoms with Crippen LogP contribution in [0.4, 0.5) is 0 Å². The lowest BCUT2D eigenvalue weighted by Crippen LogP contribution is -2.45. The number of aromatic nitrogens is 2. The molecule has 7 nitrogen and oxygen atoms in total. The van der Waals surface area contributed by atoms with Gasteiger partial charge in [0.15, 0.2) is 0 Å². The molecule has 7 heteroatoms. The number of piperidine rings is 1. The minimum absolute atomic E-state index is 0.00618. The standard InChI is InChI=1S/C16H18N4O3/c1-11-4-5-14(19-18-11)23-12-6-9-20(10-7-12)16(22)13-3-2-8-17-15(13)21/h2-5,8,12-13H,6-7,9-10H2,1H3. The van der Waals surface area contributed by atoms with Crippen LogP contribution >= 0.6 is 0 Å². The molecule has 0 N–H and O–H groups in total. The molecule has 1 aromatic heterocycles. The zero-order valence-corrected chi connectivity index (χ0v) is 12.9. The molecule has 0 saturated carbocycles. The van der Waals surface area contributed by atoms with Crippen LogP contribution in [0, 0.1) is 12.8 Å². The summed E-state index contributed by atoms with van der Waals surface area (Å²) in [5.41, 5.74) is 0.839. The van der Waals surface area contributed by atoms with Gasteiger partial charge in [-0.2, -0.15) is 5.10 Å². The second-order valence-corrected chi connectivity index (χ2v) is 5.63. The van der Waals surface area contributed by atoms with Gasteiger partial charge in [-0.1, -0.05) is 6.08 Å². The maximum atomic E-state index is 12.4. The second-order valence-electron chi connectivity index (χ2n) is 5.63. The highest BCUT2D eigenvalue weighted by Gasteiger charge is 2.32. The van der Waals surface area contributed by atoms with Crippen LogP contribution in [0.25, 0.3) is 0 Å². The van der Waals surface area contributed by atoms with Gasteiger partial charge < -0.3 is 9.64 Å². The molecule has 0 aliphatic carbocycles. The predicted molar refractivity (Wildman–Crippen MR) is 83.1 cm³/mol. The average molecular weight is 314 g/mol. The Kier molecular flexibility index (Phi) is 4.45. The first-order valence-corrected chi connectivity index (χ1v) is 7.64. The molecule has 0 aromatic carbocycles. The predicted octanol–water partition coefficient (Wildman–Crippen LogP) is 0.938. The van der Waals surface area contributed by atoms with Crippen molar-refractivity contribution in [2.45, 2.75) is 25.9 Å². The third-order valence-corrected chi connectivity index (χ3v) is 3.94. The summed E-state index contributed by atoms with van der Waals surface area (Å²) >= 11 is 0. The Morgan fingerprint density at radius 1 is 1.26 bits per heavy atom. The first-order valence-electron chi connectivity index (χ1n) is 7.64. The number of rotatable bonds is 3. The number of ether oxygens (including phenoxy) is 1. The molecule has 2 amide bonds. The largest absolute Gasteiger partial charge is 0.473 e. The summed E-state index contributed by atoms with van der Waals surface area (Å²) in [6.07, 6.45) is 6.06. The number of allylic oxidation sites excluding steroid dienone is 1. The lowest BCUT2D eigenvalue weighted by molar-refractivity contribution is -0.140. The molecule has 3 heterocycles. The molecule has 1 aromatic rings. The highest BCUT2D eigenvalue weighted by atomic mass is 16.5. The third-order valence-electron chi connectivity index (χ3n) is 3.94. The molecule has 23 heavy (non-hydrogen) atoms. The van der Waals surface area contributed by atoms with E-state index in [0.717, 1.165) is 5.69 Å². The summed E-state index contributed by atoms with van der Waals surface area (Å²) in [4.78, 5) is 29.4. The number of dihydropyridines is 1. The number of aryl methyl sites for hydroxylation is 1. The van der Waals surface area contributed by atoms with Gasteiger partial charge in [-0.3, -0.25) is 9.59 Å². The van der Waals surface area contributed by atoms with E-state index < -0.39 is 11.8 Å². The fourth-order valence-electron chi connectivity index (χ4n) is 2.64. The summed E-state index contributed by atoms with van der Waals surface area (Å²) in [7, 11) is 0. The van der Waals surface area contributed by atoms with Crippen LogP contribution in [0.1, 0.15) is 18.5 Å². The van der Waals surface area contributed by atoms with Gasteiger partial charge >= 0.3 is 0 Å². The number of carbonyl (C=O) groups excluding carboxylic acids is 2. The lowest BCUT2D eigenvalue weighted by Gasteiger charge is -2.33. The summed E-state index contributed by atoms with van der Waals surface area (Å²) in [6, 6.07) is 3.64. The molecule has 120 valence electrons. The number of amides is 2. The van der Waals surface area contributed by atoms with Crippen LogP contribution in [-0.4, -0.2) is 52.3 Å². The van der Waals surface area contributed by atoms with Crippen molar-refractivity contribution in [3.8, 4) is 5.88 Å². The minimum atomic E-state index is -0.777. The zero-order valence-electron chi connectivity index (χ0n) is 12.9. The van der Waals surface area contributed by atoms with Crippen molar-refractivity contribution in [2.75, 3.05) is 13.1 Å². The van der Waals surface area contributed by atoms with Gasteiger partial charge in [0.05, 0.1) is 5.69 Å². The molecule has 3 rings (SSSR count). The number of hydrogen-bond donors (Lipinski definition) is 0. The topological polar surface area (TPSA) is 84.8 Å². The molecule has 1 unspecified atom stereocenters. The smallest absolute Gasteiger partial charge is 0.262 e. The van der Waals surface area contributed by atoms with Gasteiger partial charge in [0, 0.05) is 38.2 Å². The maximum Gasteiger partial charge on any atom is 0.262 e. The van der Waals surface area contributed by atoms with Gasteiger partial charge in [-0.05, 0) is 19.1 Å². The molecule has 1 fully saturated rings. The van der Waals surface area contributed by atoms with E-state index in [2.05, 4.69) is 15.2 Å². The Morgan fingerprint density at radius 3 is 2.70 bits per heavy atom. The number of nitrogens with zero attached hydrogens (tertiary/aromatic N) is 4. The Balaban J connectivity index is 1.53. The molecule has 2 aliphatic heterocycles. The maximum absolute atomic E-state index is 12.4. The summed E-state index contributed by atoms with van der Waals surface area (Å²) in [6.45, 7) is 2.99. The third kappa shape index (κ3) is 3.61. The van der Waals surface area contributed by atoms with Gasteiger partial charge in [0.1, 0.15) is 12.0 Å². The van der Waals surface area contributed by atoms with E-state index in [1.807, 2.05) is 13.0 Å². The fraction of sp³-hybridized carbons (Fsp3) is 0.438. The number of hydrogen-bond acceptors (Lipinski definition) is 5. The molecule has 1 saturated heterocycles. The highest BCUT2D eigenvalue weighted by molar-refractivity contribution is 6.07. The van der Waals surface area contributed by atoms with Crippen molar-refractivity contribution in [2.24, 2.45) is 10.9 Å². The molecule has 1 atom stereocenters. The Morgan fingerprint density at radius 2 is 2.04 bits per heavy atom. The molecule has 0 spiro atoms. The fourth-order valence-corrected chi connectivity index (χ4v) is 2.64. The normalized spacial score (nSPS) is 21.5. The van der Waals surface area contributed by atoms with Crippen LogP contribution in [0.15, 0.2) is 29.3 Å². The van der Waals surface area contributed by atoms with E-state index in [9.17, 15) is 9.59 Å². The van der Waals surface area contributed by atoms with Crippen molar-refractivity contribution < 1.29 is 14.3 Å². The van der Waals surface area contributed by atoms with Crippen LogP contribution < -0.4 is 4.74 Å². The van der Waals surface area contributed by atoms with Crippen molar-refractivity contribution in [3.05, 3.63) is 30.0 Å². The van der Waals surface area contributed by atoms with E-state index in [1.54, 1.807) is 23.1 Å². The van der Waals surface area contributed by atoms with Crippen LogP contribution in [0.2, 0.25) is 0 Å². The number of carbonyl (C=O) groups is 2. The Labute approximate surface area is 134 Å². The van der Waals surface area contributed by atoms with E-state index in [0.29, 0.717) is 31.8 Å². The SMILES string of the molecule is Cc1ccc(OC2CCN(C(=O)C3C=CC=NC3=O)CC2)nn1. The van der Waals surface area contributed by atoms with Crippen molar-refractivity contribution in [1.82, 2.24) is 15.1 Å². The van der Waals surface area contributed by atoms with Crippen LogP contribution in [0.5, 0.6) is 5.88 Å². The quantitative estimate of drug-likeness (QED) is 0.775. The second kappa shape index (κ2) is 6.68. The van der Waals surface area contributed by atoms with Gasteiger partial charge in [0.2, 0.25) is 11.8 Å². The molecular weight excluding hydrogens is 296 g/mol. The monoisotopic (exact) mass is 314 g/mol. The van der Waals surface area contributed by atoms with Gasteiger partial charge in [-0.25, -0.2) is 4.99 Å². The van der Waals surface area contributed by atoms with Gasteiger partial charge in [-0.15, -0.1) is 5.10 Å². The van der Waals surface area contributed by atoms with E-state index in [-0.39, 0.29) is 12.0 Å². The number of aliphatic imine (C=N–C) groups is 1. The van der Waals surface area contributed by atoms with Gasteiger partial charge in [0.25, 0.3) is 5.91 Å². The van der Waals surface area contributed by atoms with Crippen molar-refractivity contribution in [3.63, 3.8) is 0 Å². The lowest BCUT2D eigenvalue weighted by atomic mass is 10.0. The first-order chi connectivity index (χ1) is 11.1. The summed E-state index contributed by atoms with van der Waals surface area (Å²) in [5.74, 6) is -0.858. The number of likely N-dealkylation sites (tertiary alicyclic amines) is 1. The summed E-state index contributed by atoms with van der Waals surface area (Å²) in [5, 5.41) is 7.95. The van der Waals surface area contributed by atoms with E-state index in [1.165, 1.54) is 6.21 Å². The molecule has 0 bridgehead atoms. The average Bonchev–Trinajstić information content (AvgIpc) is 2.57. The van der Waals surface area contributed by atoms with Crippen LogP contribution in [0.3, 0.4) is 0 Å². The Bertz CT molecular complexity index is 646. The molecule has 2 aliphatic rings. The molecule has 0 radical (unpaired) electrons. The van der Waals surface area contributed by atoms with E-state index >= 15 is 0 Å². The van der Waals surface area contributed by atoms with Crippen molar-refractivity contribution >= 4 is 18.0 Å². The van der Waals surface area contributed by atoms with Crippen molar-refractivity contribution in [1.29, 1.82) is 0 Å². The Hall–Kier alpha value is -2.57. The minimum Gasteiger partial charge on any atom is -0.473 e. The first kappa shape index (κ1) is 15.3. The van der Waals surface area contributed by atoms with Crippen LogP contribution in [-0.2, 0) is 9.59 Å². The summed E-state index contributed by atoms with van der Waals surface area (Å²) < 4.78 is 5.79. The highest BCUT2D eigenvalue weighted by Crippen LogP contribution is 2.19. The zero-order chi connectivity index (χ0) is 16.2. The molecular formula is C16H18N4O3.